The molecule has 1 N–H and O–H groups in total. The van der Waals surface area contributed by atoms with Gasteiger partial charge in [0, 0.05) is 35.9 Å². The van der Waals surface area contributed by atoms with Crippen molar-refractivity contribution in [2.45, 2.75) is 33.5 Å². The molecule has 5 aromatic rings. The van der Waals surface area contributed by atoms with Gasteiger partial charge in [-0.2, -0.15) is 0 Å². The van der Waals surface area contributed by atoms with E-state index in [-0.39, 0.29) is 11.8 Å². The summed E-state index contributed by atoms with van der Waals surface area (Å²) in [5, 5.41) is 3.00. The summed E-state index contributed by atoms with van der Waals surface area (Å²) < 4.78 is 2.01. The van der Waals surface area contributed by atoms with Crippen LogP contribution in [0, 0.1) is 13.8 Å². The third-order valence-corrected chi connectivity index (χ3v) is 7.56. The number of nitrogens with zero attached hydrogens (tertiary/aromatic N) is 3. The highest BCUT2D eigenvalue weighted by Gasteiger charge is 2.27. The molecule has 1 aliphatic rings. The van der Waals surface area contributed by atoms with Crippen molar-refractivity contribution in [3.05, 3.63) is 143 Å². The molecule has 0 saturated carbocycles. The van der Waals surface area contributed by atoms with Gasteiger partial charge in [-0.3, -0.25) is 14.6 Å². The van der Waals surface area contributed by atoms with Crippen LogP contribution in [0.15, 0.2) is 103 Å². The van der Waals surface area contributed by atoms with Crippen molar-refractivity contribution < 1.29 is 9.59 Å². The first-order valence-electron chi connectivity index (χ1n) is 13.4. The Hall–Kier alpha value is -4.97. The quantitative estimate of drug-likeness (QED) is 0.292. The number of aromatic nitrogens is 2. The maximum atomic E-state index is 13.9. The molecule has 0 atom stereocenters. The Morgan fingerprint density at radius 2 is 1.60 bits per heavy atom. The topological polar surface area (TPSA) is 67.2 Å². The summed E-state index contributed by atoms with van der Waals surface area (Å²) in [6.07, 6.45) is 3.45. The van der Waals surface area contributed by atoms with Gasteiger partial charge >= 0.3 is 0 Å². The van der Waals surface area contributed by atoms with E-state index in [2.05, 4.69) is 42.3 Å². The van der Waals surface area contributed by atoms with E-state index < -0.39 is 0 Å². The van der Waals surface area contributed by atoms with Gasteiger partial charge in [-0.1, -0.05) is 54.6 Å². The molecule has 2 amide bonds. The minimum atomic E-state index is -0.158. The summed E-state index contributed by atoms with van der Waals surface area (Å²) in [5.74, 6) is -0.229. The predicted molar refractivity (Wildman–Crippen MR) is 157 cm³/mol. The standard InChI is InChI=1S/C34H30N4O2/c1-23-7-5-8-24(2)32(23)26-12-14-27(15-13-26)34(40)38-22-29-16-17-31(33(39)36-20-25-9-6-18-35-19-25)37(29)21-28-10-3-4-11-30(28)38/h3-19H,20-22H2,1-2H3,(H,36,39). The van der Waals surface area contributed by atoms with Gasteiger partial charge < -0.3 is 14.8 Å². The number of nitrogens with one attached hydrogen (secondary N) is 1. The highest BCUT2D eigenvalue weighted by Crippen LogP contribution is 2.32. The molecule has 0 radical (unpaired) electrons. The highest BCUT2D eigenvalue weighted by molar-refractivity contribution is 6.07. The monoisotopic (exact) mass is 526 g/mol. The number of benzene rings is 3. The second-order valence-electron chi connectivity index (χ2n) is 10.2. The number of para-hydroxylation sites is 1. The van der Waals surface area contributed by atoms with E-state index in [0.717, 1.165) is 28.1 Å². The largest absolute Gasteiger partial charge is 0.347 e. The predicted octanol–water partition coefficient (Wildman–Crippen LogP) is 6.31. The van der Waals surface area contributed by atoms with Crippen LogP contribution in [0.1, 0.15) is 48.8 Å². The Labute approximate surface area is 233 Å². The zero-order chi connectivity index (χ0) is 27.6. The van der Waals surface area contributed by atoms with Crippen LogP contribution in [0.3, 0.4) is 0 Å². The van der Waals surface area contributed by atoms with E-state index in [0.29, 0.717) is 30.9 Å². The number of hydrogen-bond acceptors (Lipinski definition) is 3. The van der Waals surface area contributed by atoms with E-state index in [4.69, 9.17) is 0 Å². The third-order valence-electron chi connectivity index (χ3n) is 7.56. The summed E-state index contributed by atoms with van der Waals surface area (Å²) in [4.78, 5) is 33.0. The van der Waals surface area contributed by atoms with E-state index in [9.17, 15) is 9.59 Å². The fourth-order valence-corrected chi connectivity index (χ4v) is 5.52. The average molecular weight is 527 g/mol. The molecule has 40 heavy (non-hydrogen) atoms. The molecule has 0 unspecified atom stereocenters. The van der Waals surface area contributed by atoms with Crippen LogP contribution in [0.25, 0.3) is 11.1 Å². The number of anilines is 1. The third kappa shape index (κ3) is 4.80. The van der Waals surface area contributed by atoms with Crippen molar-refractivity contribution in [1.29, 1.82) is 0 Å². The molecule has 198 valence electrons. The lowest BCUT2D eigenvalue weighted by Gasteiger charge is -2.23. The fourth-order valence-electron chi connectivity index (χ4n) is 5.52. The molecule has 3 heterocycles. The summed E-state index contributed by atoms with van der Waals surface area (Å²) >= 11 is 0. The fraction of sp³-hybridized carbons (Fsp3) is 0.147. The number of amides is 2. The van der Waals surface area contributed by atoms with Crippen LogP contribution < -0.4 is 10.2 Å². The van der Waals surface area contributed by atoms with Gasteiger partial charge in [-0.25, -0.2) is 0 Å². The first kappa shape index (κ1) is 25.3. The van der Waals surface area contributed by atoms with Gasteiger partial charge in [0.1, 0.15) is 5.69 Å². The van der Waals surface area contributed by atoms with Gasteiger partial charge in [0.2, 0.25) is 0 Å². The lowest BCUT2D eigenvalue weighted by atomic mass is 9.95. The summed E-state index contributed by atoms with van der Waals surface area (Å²) in [6.45, 7) is 5.48. The summed E-state index contributed by atoms with van der Waals surface area (Å²) in [7, 11) is 0. The Bertz CT molecular complexity index is 1680. The minimum absolute atomic E-state index is 0.0715. The number of hydrogen-bond donors (Lipinski definition) is 1. The van der Waals surface area contributed by atoms with Gasteiger partial charge in [-0.15, -0.1) is 0 Å². The molecule has 6 nitrogen and oxygen atoms in total. The molecule has 3 aromatic carbocycles. The molecule has 6 rings (SSSR count). The highest BCUT2D eigenvalue weighted by atomic mass is 16.2. The molecular weight excluding hydrogens is 496 g/mol. The number of aryl methyl sites for hydroxylation is 2. The molecule has 0 saturated heterocycles. The number of carbonyl (C=O) groups excluding carboxylic acids is 2. The number of pyridine rings is 1. The van der Waals surface area contributed by atoms with Crippen LogP contribution in [0.2, 0.25) is 0 Å². The Morgan fingerprint density at radius 3 is 2.35 bits per heavy atom. The van der Waals surface area contributed by atoms with E-state index in [1.807, 2.05) is 82.3 Å². The van der Waals surface area contributed by atoms with E-state index in [1.54, 1.807) is 12.4 Å². The Kier molecular flexibility index (Phi) is 6.74. The maximum Gasteiger partial charge on any atom is 0.268 e. The van der Waals surface area contributed by atoms with Crippen LogP contribution in [-0.4, -0.2) is 21.4 Å². The molecule has 0 spiro atoms. The lowest BCUT2D eigenvalue weighted by molar-refractivity contribution is 0.0941. The molecular formula is C34H30N4O2. The van der Waals surface area contributed by atoms with E-state index >= 15 is 0 Å². The van der Waals surface area contributed by atoms with Crippen LogP contribution in [0.5, 0.6) is 0 Å². The van der Waals surface area contributed by atoms with E-state index in [1.165, 1.54) is 16.7 Å². The first-order valence-corrected chi connectivity index (χ1v) is 13.4. The summed E-state index contributed by atoms with van der Waals surface area (Å²) in [5.41, 5.74) is 9.60. The normalized spacial score (nSPS) is 12.3. The number of rotatable bonds is 5. The van der Waals surface area contributed by atoms with Crippen molar-refractivity contribution in [2.75, 3.05) is 4.90 Å². The van der Waals surface area contributed by atoms with Crippen molar-refractivity contribution in [1.82, 2.24) is 14.9 Å². The molecule has 0 aliphatic carbocycles. The van der Waals surface area contributed by atoms with Gasteiger partial charge in [0.25, 0.3) is 11.8 Å². The summed E-state index contributed by atoms with van der Waals surface area (Å²) in [6, 6.07) is 29.6. The van der Waals surface area contributed by atoms with Crippen molar-refractivity contribution >= 4 is 17.5 Å². The average Bonchev–Trinajstić information content (AvgIpc) is 3.29. The maximum absolute atomic E-state index is 13.9. The minimum Gasteiger partial charge on any atom is -0.347 e. The van der Waals surface area contributed by atoms with Gasteiger partial charge in [0.05, 0.1) is 13.1 Å². The number of fused-ring (bicyclic) bond motifs is 2. The molecule has 2 aromatic heterocycles. The second-order valence-corrected chi connectivity index (χ2v) is 10.2. The Balaban J connectivity index is 1.29. The zero-order valence-electron chi connectivity index (χ0n) is 22.6. The second kappa shape index (κ2) is 10.7. The molecule has 0 bridgehead atoms. The number of carbonyl (C=O) groups is 2. The molecule has 1 aliphatic heterocycles. The SMILES string of the molecule is Cc1cccc(C)c1-c1ccc(C(=O)N2Cc3ccc(C(=O)NCc4cccnc4)n3Cc3ccccc32)cc1. The smallest absolute Gasteiger partial charge is 0.268 e. The molecule has 6 heteroatoms. The van der Waals surface area contributed by atoms with Crippen LogP contribution in [-0.2, 0) is 19.6 Å². The van der Waals surface area contributed by atoms with Crippen LogP contribution >= 0.6 is 0 Å². The zero-order valence-corrected chi connectivity index (χ0v) is 22.6. The van der Waals surface area contributed by atoms with Crippen molar-refractivity contribution in [2.24, 2.45) is 0 Å². The Morgan fingerprint density at radius 1 is 0.825 bits per heavy atom. The van der Waals surface area contributed by atoms with Crippen molar-refractivity contribution in [3.8, 4) is 11.1 Å². The lowest BCUT2D eigenvalue weighted by Crippen LogP contribution is -2.30. The van der Waals surface area contributed by atoms with Gasteiger partial charge in [0.15, 0.2) is 0 Å². The molecule has 0 fully saturated rings. The first-order chi connectivity index (χ1) is 19.5. The van der Waals surface area contributed by atoms with Crippen molar-refractivity contribution in [3.63, 3.8) is 0 Å². The van der Waals surface area contributed by atoms with Crippen LogP contribution in [0.4, 0.5) is 5.69 Å². The van der Waals surface area contributed by atoms with Gasteiger partial charge in [-0.05, 0) is 83.6 Å².